The second kappa shape index (κ2) is 8.67. The fraction of sp³-hybridized carbons (Fsp3) is 0.435. The Labute approximate surface area is 183 Å². The normalized spacial score (nSPS) is 21.5. The molecule has 2 fully saturated rings. The number of anilines is 1. The largest absolute Gasteiger partial charge is 0.347 e. The number of hydrogen-bond acceptors (Lipinski definition) is 6. The second-order valence-electron chi connectivity index (χ2n) is 8.28. The molecule has 0 radical (unpaired) electrons. The molecule has 4 rings (SSSR count). The van der Waals surface area contributed by atoms with Crippen LogP contribution in [0.3, 0.4) is 0 Å². The Kier molecular flexibility index (Phi) is 5.96. The number of nitriles is 1. The second-order valence-corrected chi connectivity index (χ2v) is 10.7. The van der Waals surface area contributed by atoms with E-state index >= 15 is 0 Å². The van der Waals surface area contributed by atoms with Crippen molar-refractivity contribution in [1.29, 1.82) is 5.26 Å². The minimum atomic E-state index is -3.41. The monoisotopic (exact) mass is 438 g/mol. The van der Waals surface area contributed by atoms with E-state index in [1.807, 2.05) is 29.2 Å². The third-order valence-corrected chi connectivity index (χ3v) is 8.51. The van der Waals surface area contributed by atoms with Crippen molar-refractivity contribution in [1.82, 2.24) is 9.88 Å². The summed E-state index contributed by atoms with van der Waals surface area (Å²) in [5.74, 6) is 0.584. The van der Waals surface area contributed by atoms with E-state index in [0.29, 0.717) is 18.7 Å². The lowest BCUT2D eigenvalue weighted by molar-refractivity contribution is -0.131. The number of aromatic nitrogens is 1. The van der Waals surface area contributed by atoms with Gasteiger partial charge in [0, 0.05) is 37.8 Å². The van der Waals surface area contributed by atoms with Gasteiger partial charge in [0.1, 0.15) is 11.9 Å². The highest BCUT2D eigenvalue weighted by Crippen LogP contribution is 2.34. The van der Waals surface area contributed by atoms with Gasteiger partial charge in [-0.1, -0.05) is 30.3 Å². The molecule has 2 unspecified atom stereocenters. The maximum absolute atomic E-state index is 12.8. The first kappa shape index (κ1) is 21.3. The number of hydrogen-bond donors (Lipinski definition) is 0. The van der Waals surface area contributed by atoms with Gasteiger partial charge >= 0.3 is 0 Å². The molecule has 162 valence electrons. The number of rotatable bonds is 6. The Morgan fingerprint density at radius 1 is 1.16 bits per heavy atom. The van der Waals surface area contributed by atoms with Crippen LogP contribution in [0.1, 0.15) is 42.6 Å². The Morgan fingerprint density at radius 2 is 1.84 bits per heavy atom. The lowest BCUT2D eigenvalue weighted by atomic mass is 10.1. The Morgan fingerprint density at radius 3 is 2.42 bits per heavy atom. The first-order chi connectivity index (χ1) is 14.9. The number of carbonyl (C=O) groups excluding carboxylic acids is 1. The summed E-state index contributed by atoms with van der Waals surface area (Å²) in [6, 6.07) is 15.1. The van der Waals surface area contributed by atoms with Crippen molar-refractivity contribution in [3.8, 4) is 6.07 Å². The summed E-state index contributed by atoms with van der Waals surface area (Å²) < 4.78 is 25.5. The molecular weight excluding hydrogens is 412 g/mol. The fourth-order valence-electron chi connectivity index (χ4n) is 4.58. The smallest absolute Gasteiger partial charge is 0.223 e. The molecule has 2 aliphatic rings. The molecular formula is C23H26N4O3S. The van der Waals surface area contributed by atoms with Gasteiger partial charge in [-0.15, -0.1) is 0 Å². The summed E-state index contributed by atoms with van der Waals surface area (Å²) in [4.78, 5) is 21.3. The number of piperazine rings is 1. The van der Waals surface area contributed by atoms with Gasteiger partial charge in [-0.25, -0.2) is 13.4 Å². The molecule has 0 spiro atoms. The van der Waals surface area contributed by atoms with Crippen molar-refractivity contribution in [2.24, 2.45) is 0 Å². The highest BCUT2D eigenvalue weighted by Gasteiger charge is 2.42. The molecule has 0 saturated carbocycles. The van der Waals surface area contributed by atoms with Crippen molar-refractivity contribution in [3.05, 3.63) is 59.8 Å². The van der Waals surface area contributed by atoms with E-state index in [-0.39, 0.29) is 30.2 Å². The van der Waals surface area contributed by atoms with Gasteiger partial charge in [0.05, 0.1) is 16.6 Å². The summed E-state index contributed by atoms with van der Waals surface area (Å²) in [6.45, 7) is 2.83. The molecule has 1 amide bonds. The zero-order valence-corrected chi connectivity index (χ0v) is 18.3. The van der Waals surface area contributed by atoms with Crippen LogP contribution in [0.4, 0.5) is 5.82 Å². The van der Waals surface area contributed by atoms with E-state index in [1.54, 1.807) is 31.3 Å². The summed E-state index contributed by atoms with van der Waals surface area (Å²) in [5, 5.41) is 8.34. The number of likely N-dealkylation sites (tertiary alicyclic amines) is 1. The fourth-order valence-corrected chi connectivity index (χ4v) is 5.97. The summed E-state index contributed by atoms with van der Waals surface area (Å²) in [7, 11) is -3.41. The minimum absolute atomic E-state index is 0.00800. The Balaban J connectivity index is 1.37. The highest BCUT2D eigenvalue weighted by atomic mass is 32.2. The Hall–Kier alpha value is -2.92. The van der Waals surface area contributed by atoms with E-state index in [9.17, 15) is 13.2 Å². The Bertz CT molecular complexity index is 1070. The zero-order chi connectivity index (χ0) is 22.0. The lowest BCUT2D eigenvalue weighted by Gasteiger charge is -2.41. The molecule has 1 aromatic heterocycles. The van der Waals surface area contributed by atoms with Crippen LogP contribution in [-0.2, 0) is 14.6 Å². The van der Waals surface area contributed by atoms with Gasteiger partial charge in [-0.2, -0.15) is 5.26 Å². The van der Waals surface area contributed by atoms with E-state index in [2.05, 4.69) is 16.0 Å². The summed E-state index contributed by atoms with van der Waals surface area (Å²) in [6.07, 6.45) is 3.53. The van der Waals surface area contributed by atoms with Crippen LogP contribution in [0.15, 0.2) is 48.7 Å². The molecule has 31 heavy (non-hydrogen) atoms. The molecule has 0 N–H and O–H groups in total. The quantitative estimate of drug-likeness (QED) is 0.688. The van der Waals surface area contributed by atoms with Crippen LogP contribution in [0.25, 0.3) is 0 Å². The van der Waals surface area contributed by atoms with Crippen molar-refractivity contribution < 1.29 is 13.2 Å². The summed E-state index contributed by atoms with van der Waals surface area (Å²) >= 11 is 0. The average Bonchev–Trinajstić information content (AvgIpc) is 3.06. The van der Waals surface area contributed by atoms with E-state index < -0.39 is 15.1 Å². The minimum Gasteiger partial charge on any atom is -0.347 e. The number of nitrogens with zero attached hydrogens (tertiary/aromatic N) is 4. The van der Waals surface area contributed by atoms with Crippen molar-refractivity contribution >= 4 is 21.6 Å². The van der Waals surface area contributed by atoms with Gasteiger partial charge in [0.25, 0.3) is 0 Å². The van der Waals surface area contributed by atoms with Gasteiger partial charge in [-0.3, -0.25) is 4.79 Å². The number of benzene rings is 1. The van der Waals surface area contributed by atoms with Crippen LogP contribution in [0.5, 0.6) is 0 Å². The maximum Gasteiger partial charge on any atom is 0.223 e. The molecule has 8 heteroatoms. The van der Waals surface area contributed by atoms with Crippen molar-refractivity contribution in [2.75, 3.05) is 23.7 Å². The topological polar surface area (TPSA) is 94.4 Å². The molecule has 2 aromatic rings. The molecule has 2 aliphatic heterocycles. The first-order valence-corrected chi connectivity index (χ1v) is 12.3. The standard InChI is InChI=1S/C23H26N4O3S/c1-17(19-5-3-2-4-6-19)31(29,30)12-11-23(28)26-15-20-8-9-21(16-26)27(20)22-10-7-18(13-24)14-25-22/h2-7,10,14,17,20-21H,8-9,11-12,15-16H2,1H3/t17?,20-,21?/m0/s1. The predicted octanol–water partition coefficient (Wildman–Crippen LogP) is 2.70. The summed E-state index contributed by atoms with van der Waals surface area (Å²) in [5.41, 5.74) is 1.27. The van der Waals surface area contributed by atoms with Crippen LogP contribution >= 0.6 is 0 Å². The van der Waals surface area contributed by atoms with Gasteiger partial charge < -0.3 is 9.80 Å². The number of pyridine rings is 1. The van der Waals surface area contributed by atoms with E-state index in [0.717, 1.165) is 24.2 Å². The molecule has 3 heterocycles. The number of sulfone groups is 1. The SMILES string of the molecule is CC(c1ccccc1)S(=O)(=O)CCC(=O)N1CC2CC[C@@H](C1)N2c1ccc(C#N)cn1. The molecule has 3 atom stereocenters. The maximum atomic E-state index is 12.8. The molecule has 2 saturated heterocycles. The van der Waals surface area contributed by atoms with Crippen LogP contribution in [0, 0.1) is 11.3 Å². The van der Waals surface area contributed by atoms with Crippen molar-refractivity contribution in [3.63, 3.8) is 0 Å². The van der Waals surface area contributed by atoms with Gasteiger partial charge in [-0.05, 0) is 37.5 Å². The highest BCUT2D eigenvalue weighted by molar-refractivity contribution is 7.91. The average molecular weight is 439 g/mol. The molecule has 2 bridgehead atoms. The zero-order valence-electron chi connectivity index (χ0n) is 17.5. The van der Waals surface area contributed by atoms with E-state index in [4.69, 9.17) is 5.26 Å². The number of fused-ring (bicyclic) bond motifs is 2. The third kappa shape index (κ3) is 4.42. The predicted molar refractivity (Wildman–Crippen MR) is 118 cm³/mol. The van der Waals surface area contributed by atoms with Crippen molar-refractivity contribution in [2.45, 2.75) is 43.5 Å². The van der Waals surface area contributed by atoms with Gasteiger partial charge in [0.2, 0.25) is 5.91 Å². The lowest BCUT2D eigenvalue weighted by Crippen LogP contribution is -2.55. The number of carbonyl (C=O) groups is 1. The first-order valence-electron chi connectivity index (χ1n) is 10.6. The van der Waals surface area contributed by atoms with E-state index in [1.165, 1.54) is 0 Å². The molecule has 0 aliphatic carbocycles. The molecule has 1 aromatic carbocycles. The number of amides is 1. The van der Waals surface area contributed by atoms with Crippen LogP contribution in [-0.4, -0.2) is 55.1 Å². The molecule has 7 nitrogen and oxygen atoms in total. The van der Waals surface area contributed by atoms with Crippen LogP contribution in [0.2, 0.25) is 0 Å². The third-order valence-electron chi connectivity index (χ3n) is 6.38. The van der Waals surface area contributed by atoms with Crippen LogP contribution < -0.4 is 4.90 Å². The van der Waals surface area contributed by atoms with Gasteiger partial charge in [0.15, 0.2) is 9.84 Å².